The highest BCUT2D eigenvalue weighted by Gasteiger charge is 2.49. The predicted octanol–water partition coefficient (Wildman–Crippen LogP) is 5.48. The second kappa shape index (κ2) is 8.43. The smallest absolute Gasteiger partial charge is 0.240 e. The summed E-state index contributed by atoms with van der Waals surface area (Å²) in [5, 5.41) is 3.77. The molecule has 4 rings (SSSR count). The maximum Gasteiger partial charge on any atom is 0.240 e. The third-order valence-electron chi connectivity index (χ3n) is 5.35. The lowest BCUT2D eigenvalue weighted by Gasteiger charge is -2.42. The van der Waals surface area contributed by atoms with Crippen molar-refractivity contribution in [3.05, 3.63) is 75.9 Å². The van der Waals surface area contributed by atoms with E-state index in [0.29, 0.717) is 11.4 Å². The molecule has 1 unspecified atom stereocenters. The zero-order valence-corrected chi connectivity index (χ0v) is 18.8. The van der Waals surface area contributed by atoms with Gasteiger partial charge >= 0.3 is 0 Å². The first-order chi connectivity index (χ1) is 14.8. The van der Waals surface area contributed by atoms with Crippen molar-refractivity contribution in [1.82, 2.24) is 9.29 Å². The third-order valence-corrected chi connectivity index (χ3v) is 6.60. The van der Waals surface area contributed by atoms with Crippen molar-refractivity contribution in [1.29, 1.82) is 0 Å². The third kappa shape index (κ3) is 3.97. The van der Waals surface area contributed by atoms with Gasteiger partial charge in [0.15, 0.2) is 0 Å². The number of piperidine rings is 1. The molecule has 1 fully saturated rings. The van der Waals surface area contributed by atoms with Gasteiger partial charge in [0.05, 0.1) is 12.1 Å². The van der Waals surface area contributed by atoms with Crippen molar-refractivity contribution < 1.29 is 18.7 Å². The summed E-state index contributed by atoms with van der Waals surface area (Å²) in [4.78, 5) is 29.7. The zero-order chi connectivity index (χ0) is 22.2. The molecule has 1 saturated heterocycles. The van der Waals surface area contributed by atoms with Gasteiger partial charge in [-0.3, -0.25) is 13.9 Å². The van der Waals surface area contributed by atoms with Crippen molar-refractivity contribution >= 4 is 35.8 Å². The van der Waals surface area contributed by atoms with Gasteiger partial charge in [-0.1, -0.05) is 32.7 Å². The number of halogens is 1. The van der Waals surface area contributed by atoms with E-state index < -0.39 is 5.54 Å². The van der Waals surface area contributed by atoms with Crippen LogP contribution >= 0.6 is 24.2 Å². The molecular weight excluding hydrogens is 435 g/mol. The highest BCUT2D eigenvalue weighted by molar-refractivity contribution is 7.78. The minimum absolute atomic E-state index is 0.0487. The number of carbonyl (C=O) groups is 2. The summed E-state index contributed by atoms with van der Waals surface area (Å²) in [5.41, 5.74) is 0.841. The minimum atomic E-state index is -1.13. The first kappa shape index (κ1) is 21.5. The van der Waals surface area contributed by atoms with Crippen LogP contribution in [0.2, 0.25) is 0 Å². The molecule has 0 radical (unpaired) electrons. The molecule has 1 aliphatic rings. The molecule has 2 aromatic heterocycles. The van der Waals surface area contributed by atoms with Crippen LogP contribution in [0.4, 0.5) is 4.39 Å². The first-order valence-electron chi connectivity index (χ1n) is 9.82. The average molecular weight is 457 g/mol. The van der Waals surface area contributed by atoms with E-state index >= 15 is 0 Å². The normalized spacial score (nSPS) is 19.2. The number of thiophene rings is 1. The van der Waals surface area contributed by atoms with E-state index in [0.717, 1.165) is 11.1 Å². The number of benzene rings is 1. The summed E-state index contributed by atoms with van der Waals surface area (Å²) in [6, 6.07) is 11.4. The van der Waals surface area contributed by atoms with E-state index in [9.17, 15) is 14.0 Å². The van der Waals surface area contributed by atoms with Crippen LogP contribution in [0.15, 0.2) is 53.2 Å². The molecular formula is C23H21FN2O3S2. The van der Waals surface area contributed by atoms with Gasteiger partial charge in [-0.25, -0.2) is 9.37 Å². The molecule has 8 heteroatoms. The number of aromatic nitrogens is 1. The van der Waals surface area contributed by atoms with Crippen molar-refractivity contribution in [2.45, 2.75) is 38.1 Å². The zero-order valence-electron chi connectivity index (χ0n) is 17.0. The number of thiol groups is 1. The molecule has 5 nitrogen and oxygen atoms in total. The number of amides is 1. The van der Waals surface area contributed by atoms with Crippen molar-refractivity contribution in [2.75, 3.05) is 0 Å². The first-order valence-corrected chi connectivity index (χ1v) is 11.2. The summed E-state index contributed by atoms with van der Waals surface area (Å²) < 4.78 is 21.1. The van der Waals surface area contributed by atoms with Crippen LogP contribution in [0.5, 0.6) is 11.6 Å². The van der Waals surface area contributed by atoms with E-state index in [2.05, 4.69) is 17.8 Å². The van der Waals surface area contributed by atoms with Gasteiger partial charge in [-0.2, -0.15) is 11.3 Å². The Morgan fingerprint density at radius 2 is 2.03 bits per heavy atom. The van der Waals surface area contributed by atoms with Crippen molar-refractivity contribution in [3.63, 3.8) is 0 Å². The lowest BCUT2D eigenvalue weighted by Crippen LogP contribution is -2.51. The molecule has 1 aliphatic heterocycles. The molecule has 1 atom stereocenters. The fourth-order valence-electron chi connectivity index (χ4n) is 3.83. The standard InChI is InChI=1S/C23H21FN2O3S2/c1-14(2)18-10-16(24)6-7-19(18)29-21-5-3-4-20(25-21)23(15-8-9-31-13-15)12-17(27)11-22(28)26(23)30/h3-10,13-14,30H,11-12H2,1-2H3. The van der Waals surface area contributed by atoms with Crippen LogP contribution in [0, 0.1) is 5.82 Å². The monoisotopic (exact) mass is 456 g/mol. The van der Waals surface area contributed by atoms with Gasteiger partial charge in [0.25, 0.3) is 0 Å². The maximum absolute atomic E-state index is 13.7. The van der Waals surface area contributed by atoms with Crippen LogP contribution in [-0.2, 0) is 15.1 Å². The van der Waals surface area contributed by atoms with Gasteiger partial charge in [-0.15, -0.1) is 0 Å². The van der Waals surface area contributed by atoms with Gasteiger partial charge in [-0.05, 0) is 52.6 Å². The summed E-state index contributed by atoms with van der Waals surface area (Å²) in [6.07, 6.45) is -0.109. The van der Waals surface area contributed by atoms with Gasteiger partial charge in [0.2, 0.25) is 11.8 Å². The Morgan fingerprint density at radius 1 is 1.23 bits per heavy atom. The van der Waals surface area contributed by atoms with Gasteiger partial charge in [0, 0.05) is 18.1 Å². The van der Waals surface area contributed by atoms with E-state index in [1.165, 1.54) is 27.8 Å². The summed E-state index contributed by atoms with van der Waals surface area (Å²) in [6.45, 7) is 3.91. The number of carbonyl (C=O) groups excluding carboxylic acids is 2. The van der Waals surface area contributed by atoms with E-state index in [1.807, 2.05) is 30.7 Å². The number of pyridine rings is 1. The Hall–Kier alpha value is -2.71. The highest BCUT2D eigenvalue weighted by atomic mass is 32.1. The lowest BCUT2D eigenvalue weighted by molar-refractivity contribution is -0.139. The number of ether oxygens (including phenoxy) is 1. The molecule has 0 bridgehead atoms. The number of ketones is 1. The summed E-state index contributed by atoms with van der Waals surface area (Å²) in [5.74, 6) is -0.0431. The van der Waals surface area contributed by atoms with Crippen LogP contribution in [0.1, 0.15) is 49.4 Å². The highest BCUT2D eigenvalue weighted by Crippen LogP contribution is 2.44. The summed E-state index contributed by atoms with van der Waals surface area (Å²) in [7, 11) is 0. The largest absolute Gasteiger partial charge is 0.439 e. The second-order valence-electron chi connectivity index (χ2n) is 7.77. The van der Waals surface area contributed by atoms with E-state index in [-0.39, 0.29) is 42.1 Å². The molecule has 0 spiro atoms. The molecule has 1 amide bonds. The van der Waals surface area contributed by atoms with Gasteiger partial charge < -0.3 is 4.74 Å². The van der Waals surface area contributed by atoms with Crippen molar-refractivity contribution in [2.24, 2.45) is 0 Å². The minimum Gasteiger partial charge on any atom is -0.439 e. The molecule has 31 heavy (non-hydrogen) atoms. The van der Waals surface area contributed by atoms with Crippen LogP contribution in [-0.4, -0.2) is 21.0 Å². The van der Waals surface area contributed by atoms with E-state index in [1.54, 1.807) is 24.3 Å². The Bertz CT molecular complexity index is 1130. The molecule has 3 heterocycles. The lowest BCUT2D eigenvalue weighted by atomic mass is 9.79. The Morgan fingerprint density at radius 3 is 2.74 bits per heavy atom. The summed E-state index contributed by atoms with van der Waals surface area (Å²) >= 11 is 5.94. The maximum atomic E-state index is 13.7. The fourth-order valence-corrected chi connectivity index (χ4v) is 4.91. The number of hydrogen-bond donors (Lipinski definition) is 1. The number of hydrogen-bond acceptors (Lipinski definition) is 6. The second-order valence-corrected chi connectivity index (χ2v) is 8.95. The topological polar surface area (TPSA) is 59.5 Å². The molecule has 3 aromatic rings. The molecule has 0 N–H and O–H groups in total. The van der Waals surface area contributed by atoms with Crippen LogP contribution < -0.4 is 4.74 Å². The molecule has 1 aromatic carbocycles. The number of nitrogens with zero attached hydrogens (tertiary/aromatic N) is 2. The Labute approximate surface area is 189 Å². The SMILES string of the molecule is CC(C)c1cc(F)ccc1Oc1cccc(C2(c3ccsc3)CC(=O)CC(=O)N2S)n1. The fraction of sp³-hybridized carbons (Fsp3) is 0.261. The van der Waals surface area contributed by atoms with E-state index in [4.69, 9.17) is 4.74 Å². The Kier molecular flexibility index (Phi) is 5.85. The van der Waals surface area contributed by atoms with Crippen molar-refractivity contribution in [3.8, 4) is 11.6 Å². The average Bonchev–Trinajstić information content (AvgIpc) is 3.27. The number of Topliss-reactive ketones (excluding diaryl/α,β-unsaturated/α-hetero) is 1. The molecule has 0 aliphatic carbocycles. The van der Waals surface area contributed by atoms with Crippen LogP contribution in [0.25, 0.3) is 0 Å². The predicted molar refractivity (Wildman–Crippen MR) is 120 cm³/mol. The molecule has 0 saturated carbocycles. The van der Waals surface area contributed by atoms with Gasteiger partial charge in [0.1, 0.15) is 22.9 Å². The Balaban J connectivity index is 1.79. The number of rotatable bonds is 5. The molecule has 160 valence electrons. The quantitative estimate of drug-likeness (QED) is 0.408. The van der Waals surface area contributed by atoms with Crippen LogP contribution in [0.3, 0.4) is 0 Å².